The summed E-state index contributed by atoms with van der Waals surface area (Å²) < 4.78 is 4.96. The van der Waals surface area contributed by atoms with Gasteiger partial charge in [-0.15, -0.1) is 0 Å². The highest BCUT2D eigenvalue weighted by Crippen LogP contribution is 2.36. The van der Waals surface area contributed by atoms with Gasteiger partial charge in [-0.05, 0) is 42.5 Å². The molecule has 3 rings (SSSR count). The van der Waals surface area contributed by atoms with Crippen molar-refractivity contribution < 1.29 is 33.8 Å². The number of amides is 3. The van der Waals surface area contributed by atoms with Crippen LogP contribution in [0.1, 0.15) is 56.0 Å². The highest BCUT2D eigenvalue weighted by Gasteiger charge is 2.31. The molecule has 10 nitrogen and oxygen atoms in total. The average molecular weight is 562 g/mol. The number of hydrogen-bond acceptors (Lipinski definition) is 6. The third-order valence-corrected chi connectivity index (χ3v) is 6.46. The van der Waals surface area contributed by atoms with E-state index in [4.69, 9.17) is 4.74 Å². The fourth-order valence-electron chi connectivity index (χ4n) is 4.59. The number of ether oxygens (including phenoxy) is 1. The lowest BCUT2D eigenvalue weighted by atomic mass is 9.96. The molecule has 0 bridgehead atoms. The average Bonchev–Trinajstić information content (AvgIpc) is 2.96. The van der Waals surface area contributed by atoms with Gasteiger partial charge in [0, 0.05) is 25.3 Å². The molecule has 0 aromatic heterocycles. The van der Waals surface area contributed by atoms with Gasteiger partial charge in [0.05, 0.1) is 23.5 Å². The lowest BCUT2D eigenvalue weighted by molar-refractivity contribution is -0.152. The van der Waals surface area contributed by atoms with Gasteiger partial charge in [0.15, 0.2) is 0 Å². The zero-order valence-corrected chi connectivity index (χ0v) is 23.4. The second-order valence-electron chi connectivity index (χ2n) is 9.43. The first-order valence-electron chi connectivity index (χ1n) is 13.6. The van der Waals surface area contributed by atoms with Crippen molar-refractivity contribution in [1.82, 2.24) is 10.6 Å². The van der Waals surface area contributed by atoms with Gasteiger partial charge in [-0.25, -0.2) is 9.59 Å². The van der Waals surface area contributed by atoms with E-state index in [0.717, 1.165) is 24.2 Å². The van der Waals surface area contributed by atoms with E-state index < -0.39 is 23.9 Å². The van der Waals surface area contributed by atoms with Crippen molar-refractivity contribution in [2.45, 2.75) is 52.5 Å². The quantitative estimate of drug-likeness (QED) is 0.172. The number of anilines is 2. The van der Waals surface area contributed by atoms with Gasteiger partial charge in [-0.3, -0.25) is 19.3 Å². The molecule has 0 radical (unpaired) electrons. The van der Waals surface area contributed by atoms with Crippen LogP contribution in [0.15, 0.2) is 60.7 Å². The Morgan fingerprint density at radius 1 is 0.878 bits per heavy atom. The zero-order chi connectivity index (χ0) is 29.9. The van der Waals surface area contributed by atoms with Crippen LogP contribution in [0.2, 0.25) is 0 Å². The number of carbonyl (C=O) groups excluding carboxylic acids is 4. The molecule has 3 amide bonds. The molecule has 3 N–H and O–H groups in total. The summed E-state index contributed by atoms with van der Waals surface area (Å²) in [4.78, 5) is 64.1. The Balaban J connectivity index is 2.12. The monoisotopic (exact) mass is 561 g/mol. The molecule has 0 aliphatic rings. The molecule has 1 unspecified atom stereocenters. The minimum atomic E-state index is -1.27. The number of nitrogens with zero attached hydrogens (tertiary/aromatic N) is 1. The van der Waals surface area contributed by atoms with Crippen LogP contribution in [0.5, 0.6) is 0 Å². The number of carboxylic acid groups (broad SMARTS) is 1. The zero-order valence-electron chi connectivity index (χ0n) is 23.4. The molecule has 0 aliphatic carbocycles. The van der Waals surface area contributed by atoms with E-state index in [1.54, 1.807) is 49.4 Å². The number of aromatic carboxylic acids is 1. The van der Waals surface area contributed by atoms with Crippen LogP contribution in [0.4, 0.5) is 11.4 Å². The van der Waals surface area contributed by atoms with Crippen LogP contribution < -0.4 is 15.5 Å². The lowest BCUT2D eigenvalue weighted by Gasteiger charge is -2.26. The lowest BCUT2D eigenvalue weighted by Crippen LogP contribution is -2.47. The second-order valence-corrected chi connectivity index (χ2v) is 9.43. The van der Waals surface area contributed by atoms with Crippen molar-refractivity contribution in [3.63, 3.8) is 0 Å². The fraction of sp³-hybridized carbons (Fsp3) is 0.323. The Labute approximate surface area is 238 Å². The summed E-state index contributed by atoms with van der Waals surface area (Å²) in [6.07, 6.45) is 2.98. The third-order valence-electron chi connectivity index (χ3n) is 6.46. The third kappa shape index (κ3) is 7.69. The fourth-order valence-corrected chi connectivity index (χ4v) is 4.59. The molecule has 0 fully saturated rings. The first-order valence-corrected chi connectivity index (χ1v) is 13.6. The Bertz CT molecular complexity index is 1440. The normalized spacial score (nSPS) is 11.4. The van der Waals surface area contributed by atoms with Crippen LogP contribution in [-0.4, -0.2) is 54.0 Å². The molecule has 1 atom stereocenters. The number of hydrogen-bond donors (Lipinski definition) is 3. The van der Waals surface area contributed by atoms with Crippen LogP contribution in [-0.2, 0) is 30.3 Å². The molecule has 3 aromatic rings. The predicted molar refractivity (Wildman–Crippen MR) is 155 cm³/mol. The number of rotatable bonds is 12. The summed E-state index contributed by atoms with van der Waals surface area (Å²) in [7, 11) is 0. The second kappa shape index (κ2) is 14.6. The van der Waals surface area contributed by atoms with Gasteiger partial charge in [-0.1, -0.05) is 62.2 Å². The number of benzene rings is 3. The van der Waals surface area contributed by atoms with Crippen molar-refractivity contribution >= 4 is 51.8 Å². The van der Waals surface area contributed by atoms with Gasteiger partial charge in [-0.2, -0.15) is 0 Å². The summed E-state index contributed by atoms with van der Waals surface area (Å²) in [5, 5.41) is 16.6. The summed E-state index contributed by atoms with van der Waals surface area (Å²) in [6.45, 7) is 5.44. The van der Waals surface area contributed by atoms with E-state index in [-0.39, 0.29) is 41.8 Å². The Kier molecular flexibility index (Phi) is 11.0. The Morgan fingerprint density at radius 2 is 1.56 bits per heavy atom. The van der Waals surface area contributed by atoms with Gasteiger partial charge < -0.3 is 20.5 Å². The van der Waals surface area contributed by atoms with Gasteiger partial charge in [0.25, 0.3) is 0 Å². The van der Waals surface area contributed by atoms with E-state index in [1.165, 1.54) is 25.1 Å². The molecule has 3 aromatic carbocycles. The van der Waals surface area contributed by atoms with E-state index in [0.29, 0.717) is 22.9 Å². The summed E-state index contributed by atoms with van der Waals surface area (Å²) in [6, 6.07) is 15.4. The topological polar surface area (TPSA) is 142 Å². The molecular formula is C31H35N3O7. The van der Waals surface area contributed by atoms with Crippen LogP contribution in [0, 0.1) is 0 Å². The van der Waals surface area contributed by atoms with Gasteiger partial charge in [0.2, 0.25) is 11.8 Å². The van der Waals surface area contributed by atoms with E-state index in [1.807, 2.05) is 0 Å². The molecule has 0 saturated carbocycles. The highest BCUT2D eigenvalue weighted by atomic mass is 16.5. The number of fused-ring (bicyclic) bond motifs is 1. The maximum atomic E-state index is 13.4. The van der Waals surface area contributed by atoms with Crippen LogP contribution >= 0.6 is 0 Å². The predicted octanol–water partition coefficient (Wildman–Crippen LogP) is 4.12. The molecular weight excluding hydrogens is 526 g/mol. The number of para-hydroxylation sites is 1. The number of nitrogens with one attached hydrogen (secondary N) is 2. The Morgan fingerprint density at radius 3 is 2.22 bits per heavy atom. The van der Waals surface area contributed by atoms with E-state index in [9.17, 15) is 29.1 Å². The summed E-state index contributed by atoms with van der Waals surface area (Å²) >= 11 is 0. The molecule has 0 aliphatic heterocycles. The first kappa shape index (κ1) is 30.8. The minimum Gasteiger partial charge on any atom is -0.478 e. The largest absolute Gasteiger partial charge is 0.478 e. The molecule has 216 valence electrons. The summed E-state index contributed by atoms with van der Waals surface area (Å²) in [5.74, 6) is -4.12. The standard InChI is InChI=1S/C31H35N3O7/c1-4-6-11-18-32-28(36)25(33-20(3)35)19-21-16-17-27(23-13-8-7-12-22(21)23)34(29(37)31(40)41-5-2)26-15-10-9-14-24(26)30(38)39/h7-10,12-17,25H,4-6,11,18-19H2,1-3H3,(H,32,36)(H,33,35)(H,38,39). The maximum Gasteiger partial charge on any atom is 0.397 e. The Hall–Kier alpha value is -4.73. The van der Waals surface area contributed by atoms with Gasteiger partial charge in [0.1, 0.15) is 6.04 Å². The number of carbonyl (C=O) groups is 5. The number of unbranched alkanes of at least 4 members (excludes halogenated alkanes) is 2. The number of esters is 1. The van der Waals surface area contributed by atoms with Crippen molar-refractivity contribution in [3.8, 4) is 0 Å². The molecule has 10 heteroatoms. The van der Waals surface area contributed by atoms with Gasteiger partial charge >= 0.3 is 17.8 Å². The van der Waals surface area contributed by atoms with Crippen molar-refractivity contribution in [1.29, 1.82) is 0 Å². The molecule has 0 saturated heterocycles. The summed E-state index contributed by atoms with van der Waals surface area (Å²) in [5.41, 5.74) is 0.792. The minimum absolute atomic E-state index is 0.00136. The maximum absolute atomic E-state index is 13.4. The van der Waals surface area contributed by atoms with Crippen molar-refractivity contribution in [2.75, 3.05) is 18.1 Å². The highest BCUT2D eigenvalue weighted by molar-refractivity contribution is 6.41. The number of carboxylic acids is 1. The van der Waals surface area contributed by atoms with E-state index >= 15 is 0 Å². The molecule has 0 spiro atoms. The van der Waals surface area contributed by atoms with Crippen molar-refractivity contribution in [3.05, 3.63) is 71.8 Å². The first-order chi connectivity index (χ1) is 19.7. The van der Waals surface area contributed by atoms with Crippen molar-refractivity contribution in [2.24, 2.45) is 0 Å². The van der Waals surface area contributed by atoms with E-state index in [2.05, 4.69) is 17.6 Å². The molecule has 0 heterocycles. The SMILES string of the molecule is CCCCCNC(=O)C(Cc1ccc(N(C(=O)C(=O)OCC)c2ccccc2C(=O)O)c2ccccc12)NC(C)=O. The van der Waals surface area contributed by atoms with Crippen LogP contribution in [0.25, 0.3) is 10.8 Å². The van der Waals surface area contributed by atoms with Crippen LogP contribution in [0.3, 0.4) is 0 Å². The molecule has 41 heavy (non-hydrogen) atoms. The smallest absolute Gasteiger partial charge is 0.397 e.